The molecule has 0 spiro atoms. The molecule has 0 aliphatic rings. The first kappa shape index (κ1) is 8.83. The highest BCUT2D eigenvalue weighted by Gasteiger charge is 2.04. The molecule has 72 valence electrons. The lowest BCUT2D eigenvalue weighted by Crippen LogP contribution is -1.93. The summed E-state index contributed by atoms with van der Waals surface area (Å²) in [5.74, 6) is 0.288. The Morgan fingerprint density at radius 2 is 2.14 bits per heavy atom. The minimum absolute atomic E-state index is 0.0135. The molecule has 1 aromatic carbocycles. The van der Waals surface area contributed by atoms with Crippen molar-refractivity contribution in [2.45, 2.75) is 0 Å². The summed E-state index contributed by atoms with van der Waals surface area (Å²) in [7, 11) is 0. The second kappa shape index (κ2) is 3.55. The summed E-state index contributed by atoms with van der Waals surface area (Å²) in [6, 6.07) is 7.25. The van der Waals surface area contributed by atoms with Crippen molar-refractivity contribution in [1.29, 1.82) is 0 Å². The van der Waals surface area contributed by atoms with E-state index in [9.17, 15) is 0 Å². The molecule has 0 aliphatic carbocycles. The highest BCUT2D eigenvalue weighted by atomic mass is 35.5. The standard InChI is InChI=1S/C8H7ClN4O/c9-5-3-1-2-4-6(5)11-8-12-7(10)14-13-8/h1-4H,(H3,10,11,12,13). The molecule has 1 heterocycles. The predicted octanol–water partition coefficient (Wildman–Crippen LogP) is 2.05. The smallest absolute Gasteiger partial charge is 0.320 e. The van der Waals surface area contributed by atoms with Gasteiger partial charge in [-0.25, -0.2) is 0 Å². The molecule has 14 heavy (non-hydrogen) atoms. The molecule has 5 nitrogen and oxygen atoms in total. The first-order chi connectivity index (χ1) is 6.75. The zero-order valence-corrected chi connectivity index (χ0v) is 7.82. The summed E-state index contributed by atoms with van der Waals surface area (Å²) in [4.78, 5) is 3.78. The number of nitrogens with two attached hydrogens (primary N) is 1. The Hall–Kier alpha value is -1.75. The quantitative estimate of drug-likeness (QED) is 0.793. The van der Waals surface area contributed by atoms with E-state index in [2.05, 4.69) is 20.0 Å². The summed E-state index contributed by atoms with van der Waals surface area (Å²) in [5, 5.41) is 7.02. The van der Waals surface area contributed by atoms with E-state index in [1.165, 1.54) is 0 Å². The molecule has 0 saturated heterocycles. The van der Waals surface area contributed by atoms with Crippen molar-refractivity contribution in [3.8, 4) is 0 Å². The Kier molecular flexibility index (Phi) is 2.24. The van der Waals surface area contributed by atoms with Gasteiger partial charge in [-0.05, 0) is 17.3 Å². The SMILES string of the molecule is Nc1nc(Nc2ccccc2Cl)no1. The van der Waals surface area contributed by atoms with Crippen molar-refractivity contribution in [2.75, 3.05) is 11.1 Å². The van der Waals surface area contributed by atoms with Gasteiger partial charge in [0.25, 0.3) is 5.95 Å². The molecule has 0 saturated carbocycles. The molecule has 0 unspecified atom stereocenters. The lowest BCUT2D eigenvalue weighted by atomic mass is 10.3. The fourth-order valence-electron chi connectivity index (χ4n) is 0.969. The predicted molar refractivity (Wildman–Crippen MR) is 53.4 cm³/mol. The van der Waals surface area contributed by atoms with Crippen LogP contribution in [-0.4, -0.2) is 10.1 Å². The topological polar surface area (TPSA) is 77.0 Å². The Morgan fingerprint density at radius 3 is 2.79 bits per heavy atom. The van der Waals surface area contributed by atoms with Crippen LogP contribution in [0.3, 0.4) is 0 Å². The largest absolute Gasteiger partial charge is 0.351 e. The van der Waals surface area contributed by atoms with Crippen LogP contribution in [0.5, 0.6) is 0 Å². The van der Waals surface area contributed by atoms with Crippen molar-refractivity contribution in [2.24, 2.45) is 0 Å². The number of nitrogen functional groups attached to an aromatic ring is 1. The number of halogens is 1. The second-order valence-electron chi connectivity index (χ2n) is 2.56. The molecule has 6 heteroatoms. The summed E-state index contributed by atoms with van der Waals surface area (Å²) in [6.07, 6.45) is 0. The molecule has 0 aliphatic heterocycles. The van der Waals surface area contributed by atoms with Gasteiger partial charge in [-0.3, -0.25) is 0 Å². The molecule has 0 amide bonds. The molecule has 0 atom stereocenters. The third kappa shape index (κ3) is 1.77. The van der Waals surface area contributed by atoms with Crippen molar-refractivity contribution in [3.05, 3.63) is 29.3 Å². The first-order valence-corrected chi connectivity index (χ1v) is 4.24. The Balaban J connectivity index is 2.23. The molecule has 0 bridgehead atoms. The third-order valence-electron chi connectivity index (χ3n) is 1.56. The van der Waals surface area contributed by atoms with E-state index in [0.29, 0.717) is 10.7 Å². The minimum Gasteiger partial charge on any atom is -0.351 e. The fraction of sp³-hybridized carbons (Fsp3) is 0. The summed E-state index contributed by atoms with van der Waals surface area (Å²) < 4.78 is 4.59. The van der Waals surface area contributed by atoms with Crippen LogP contribution in [0.2, 0.25) is 5.02 Å². The molecule has 0 radical (unpaired) electrons. The fourth-order valence-corrected chi connectivity index (χ4v) is 1.15. The number of anilines is 3. The number of rotatable bonds is 2. The van der Waals surface area contributed by atoms with E-state index in [4.69, 9.17) is 17.3 Å². The highest BCUT2D eigenvalue weighted by molar-refractivity contribution is 6.33. The van der Waals surface area contributed by atoms with E-state index in [0.717, 1.165) is 0 Å². The number of benzene rings is 1. The maximum atomic E-state index is 5.90. The van der Waals surface area contributed by atoms with E-state index in [1.807, 2.05) is 12.1 Å². The van der Waals surface area contributed by atoms with Gasteiger partial charge in [-0.2, -0.15) is 4.98 Å². The van der Waals surface area contributed by atoms with E-state index >= 15 is 0 Å². The van der Waals surface area contributed by atoms with Crippen molar-refractivity contribution < 1.29 is 4.52 Å². The van der Waals surface area contributed by atoms with Crippen LogP contribution >= 0.6 is 11.6 Å². The third-order valence-corrected chi connectivity index (χ3v) is 1.89. The highest BCUT2D eigenvalue weighted by Crippen LogP contribution is 2.23. The van der Waals surface area contributed by atoms with Crippen LogP contribution in [0.15, 0.2) is 28.8 Å². The van der Waals surface area contributed by atoms with E-state index in [-0.39, 0.29) is 12.0 Å². The monoisotopic (exact) mass is 210 g/mol. The molecule has 3 N–H and O–H groups in total. The molecule has 0 fully saturated rings. The summed E-state index contributed by atoms with van der Waals surface area (Å²) in [6.45, 7) is 0. The summed E-state index contributed by atoms with van der Waals surface area (Å²) in [5.41, 5.74) is 5.96. The minimum atomic E-state index is 0.0135. The zero-order chi connectivity index (χ0) is 9.97. The van der Waals surface area contributed by atoms with Crippen LogP contribution in [0.25, 0.3) is 0 Å². The van der Waals surface area contributed by atoms with Gasteiger partial charge in [0.2, 0.25) is 0 Å². The van der Waals surface area contributed by atoms with Crippen LogP contribution in [0.1, 0.15) is 0 Å². The lowest BCUT2D eigenvalue weighted by Gasteiger charge is -2.01. The van der Waals surface area contributed by atoms with Gasteiger partial charge in [-0.15, -0.1) is 0 Å². The molecular formula is C8H7ClN4O. The number of hydrogen-bond acceptors (Lipinski definition) is 5. The lowest BCUT2D eigenvalue weighted by molar-refractivity contribution is 0.437. The van der Waals surface area contributed by atoms with Gasteiger partial charge in [0, 0.05) is 0 Å². The van der Waals surface area contributed by atoms with Gasteiger partial charge >= 0.3 is 6.01 Å². The summed E-state index contributed by atoms with van der Waals surface area (Å²) >= 11 is 5.90. The number of para-hydroxylation sites is 1. The molecule has 1 aromatic heterocycles. The zero-order valence-electron chi connectivity index (χ0n) is 7.07. The van der Waals surface area contributed by atoms with Crippen LogP contribution in [0.4, 0.5) is 17.7 Å². The van der Waals surface area contributed by atoms with Crippen LogP contribution in [-0.2, 0) is 0 Å². The number of aromatic nitrogens is 2. The van der Waals surface area contributed by atoms with Crippen molar-refractivity contribution in [3.63, 3.8) is 0 Å². The average molecular weight is 211 g/mol. The molecule has 2 aromatic rings. The van der Waals surface area contributed by atoms with Gasteiger partial charge in [-0.1, -0.05) is 23.7 Å². The number of nitrogens with one attached hydrogen (secondary N) is 1. The van der Waals surface area contributed by atoms with Gasteiger partial charge in [0.05, 0.1) is 10.7 Å². The first-order valence-electron chi connectivity index (χ1n) is 3.86. The maximum Gasteiger partial charge on any atom is 0.320 e. The van der Waals surface area contributed by atoms with Crippen LogP contribution in [0, 0.1) is 0 Å². The average Bonchev–Trinajstić information content (AvgIpc) is 2.56. The number of nitrogens with zero attached hydrogens (tertiary/aromatic N) is 2. The Morgan fingerprint density at radius 1 is 1.36 bits per heavy atom. The Labute approximate surface area is 84.9 Å². The molecular weight excluding hydrogens is 204 g/mol. The van der Waals surface area contributed by atoms with Crippen LogP contribution < -0.4 is 11.1 Å². The van der Waals surface area contributed by atoms with Crippen molar-refractivity contribution >= 4 is 29.3 Å². The molecule has 2 rings (SSSR count). The number of hydrogen-bond donors (Lipinski definition) is 2. The van der Waals surface area contributed by atoms with E-state index < -0.39 is 0 Å². The van der Waals surface area contributed by atoms with Gasteiger partial charge in [0.15, 0.2) is 0 Å². The van der Waals surface area contributed by atoms with Crippen molar-refractivity contribution in [1.82, 2.24) is 10.1 Å². The van der Waals surface area contributed by atoms with Gasteiger partial charge in [0.1, 0.15) is 0 Å². The normalized spacial score (nSPS) is 10.1. The van der Waals surface area contributed by atoms with E-state index in [1.54, 1.807) is 12.1 Å². The maximum absolute atomic E-state index is 5.90. The van der Waals surface area contributed by atoms with Gasteiger partial charge < -0.3 is 15.6 Å². The second-order valence-corrected chi connectivity index (χ2v) is 2.97. The Bertz CT molecular complexity index is 442.